The van der Waals surface area contributed by atoms with Crippen LogP contribution in [0.4, 0.5) is 0 Å². The number of benzene rings is 1. The van der Waals surface area contributed by atoms with Crippen LogP contribution in [0.15, 0.2) is 58.9 Å². The molecule has 192 valence electrons. The topological polar surface area (TPSA) is 70.1 Å². The number of likely N-dealkylation sites (tertiary alicyclic amines) is 1. The standard InChI is InChI=1S/C28H33BrN2O4S/c1-4-13-31-14-12-27(21-6-5-7-24(15-21)35-20(2)32)17-23(10-11-28(27,34)19-31)30(3)26(33)9-8-25-16-22(29)18-36-25/h4-9,15-16,18,23,34H,1,10-14,17,19H2,2-3H3/b9-8+/t23-,27+,28+/m1/s1. The van der Waals surface area contributed by atoms with Crippen LogP contribution in [0.5, 0.6) is 5.75 Å². The van der Waals surface area contributed by atoms with E-state index in [2.05, 4.69) is 27.4 Å². The summed E-state index contributed by atoms with van der Waals surface area (Å²) in [4.78, 5) is 29.8. The third kappa shape index (κ3) is 5.52. The molecule has 36 heavy (non-hydrogen) atoms. The van der Waals surface area contributed by atoms with Gasteiger partial charge in [-0.15, -0.1) is 17.9 Å². The summed E-state index contributed by atoms with van der Waals surface area (Å²) < 4.78 is 6.38. The summed E-state index contributed by atoms with van der Waals surface area (Å²) in [6.45, 7) is 7.32. The Bertz CT molecular complexity index is 1160. The number of carbonyl (C=O) groups excluding carboxylic acids is 2. The van der Waals surface area contributed by atoms with Crippen LogP contribution in [0.2, 0.25) is 0 Å². The van der Waals surface area contributed by atoms with E-state index in [0.717, 1.165) is 34.4 Å². The number of hydrogen-bond donors (Lipinski definition) is 1. The fourth-order valence-corrected chi connectivity index (χ4v) is 7.13. The van der Waals surface area contributed by atoms with Gasteiger partial charge < -0.3 is 14.7 Å². The minimum absolute atomic E-state index is 0.0270. The normalized spacial score (nSPS) is 26.4. The summed E-state index contributed by atoms with van der Waals surface area (Å²) in [5.74, 6) is 0.0434. The van der Waals surface area contributed by atoms with E-state index in [4.69, 9.17) is 4.74 Å². The predicted molar refractivity (Wildman–Crippen MR) is 147 cm³/mol. The zero-order valence-corrected chi connectivity index (χ0v) is 23.2. The Labute approximate surface area is 225 Å². The first-order valence-corrected chi connectivity index (χ1v) is 13.9. The molecule has 2 aromatic rings. The lowest BCUT2D eigenvalue weighted by Crippen LogP contribution is -2.67. The van der Waals surface area contributed by atoms with Crippen molar-refractivity contribution >= 4 is 45.2 Å². The molecule has 1 saturated heterocycles. The van der Waals surface area contributed by atoms with Gasteiger partial charge in [-0.1, -0.05) is 18.2 Å². The molecule has 1 saturated carbocycles. The van der Waals surface area contributed by atoms with Crippen molar-refractivity contribution in [2.75, 3.05) is 26.7 Å². The Morgan fingerprint density at radius 2 is 2.17 bits per heavy atom. The fraction of sp³-hybridized carbons (Fsp3) is 0.429. The van der Waals surface area contributed by atoms with Gasteiger partial charge in [0.15, 0.2) is 0 Å². The highest BCUT2D eigenvalue weighted by molar-refractivity contribution is 9.10. The molecule has 2 fully saturated rings. The molecular weight excluding hydrogens is 540 g/mol. The third-order valence-electron chi connectivity index (χ3n) is 7.61. The molecule has 6 nitrogen and oxygen atoms in total. The number of likely N-dealkylation sites (N-methyl/N-ethyl adjacent to an activating group) is 1. The first-order chi connectivity index (χ1) is 17.2. The molecule has 2 heterocycles. The minimum Gasteiger partial charge on any atom is -0.427 e. The number of carbonyl (C=O) groups is 2. The molecular formula is C28H33BrN2O4S. The van der Waals surface area contributed by atoms with Crippen molar-refractivity contribution in [2.24, 2.45) is 0 Å². The van der Waals surface area contributed by atoms with E-state index in [9.17, 15) is 14.7 Å². The van der Waals surface area contributed by atoms with E-state index < -0.39 is 11.0 Å². The van der Waals surface area contributed by atoms with E-state index in [1.165, 1.54) is 6.92 Å². The van der Waals surface area contributed by atoms with Crippen LogP contribution in [0.1, 0.15) is 43.0 Å². The van der Waals surface area contributed by atoms with Crippen molar-refractivity contribution in [1.29, 1.82) is 0 Å². The summed E-state index contributed by atoms with van der Waals surface area (Å²) in [5, 5.41) is 14.1. The first-order valence-electron chi connectivity index (χ1n) is 12.2. The van der Waals surface area contributed by atoms with Gasteiger partial charge in [0.2, 0.25) is 5.91 Å². The average molecular weight is 574 g/mol. The number of hydrogen-bond acceptors (Lipinski definition) is 6. The number of aliphatic hydroxyl groups is 1. The largest absolute Gasteiger partial charge is 0.427 e. The number of rotatable bonds is 7. The number of esters is 1. The molecule has 0 radical (unpaired) electrons. The third-order valence-corrected chi connectivity index (χ3v) is 9.27. The number of amides is 1. The number of piperidine rings is 1. The predicted octanol–water partition coefficient (Wildman–Crippen LogP) is 5.02. The van der Waals surface area contributed by atoms with Gasteiger partial charge in [0.25, 0.3) is 0 Å². The van der Waals surface area contributed by atoms with Gasteiger partial charge in [0.05, 0.1) is 5.60 Å². The monoisotopic (exact) mass is 572 g/mol. The second kappa shape index (κ2) is 11.0. The van der Waals surface area contributed by atoms with Gasteiger partial charge in [0.1, 0.15) is 5.75 Å². The van der Waals surface area contributed by atoms with Crippen molar-refractivity contribution in [3.63, 3.8) is 0 Å². The molecule has 1 aliphatic carbocycles. The Balaban J connectivity index is 1.63. The summed E-state index contributed by atoms with van der Waals surface area (Å²) in [5.41, 5.74) is -0.588. The quantitative estimate of drug-likeness (QED) is 0.218. The Morgan fingerprint density at radius 1 is 1.36 bits per heavy atom. The van der Waals surface area contributed by atoms with Crippen molar-refractivity contribution in [3.05, 3.63) is 69.4 Å². The lowest BCUT2D eigenvalue weighted by Gasteiger charge is -2.59. The van der Waals surface area contributed by atoms with Crippen molar-refractivity contribution in [3.8, 4) is 5.75 Å². The molecule has 4 rings (SSSR count). The summed E-state index contributed by atoms with van der Waals surface area (Å²) in [6, 6.07) is 9.49. The Kier molecular flexibility index (Phi) is 8.19. The second-order valence-corrected chi connectivity index (χ2v) is 11.7. The van der Waals surface area contributed by atoms with Gasteiger partial charge in [-0.25, -0.2) is 0 Å². The molecule has 0 spiro atoms. The molecule has 1 amide bonds. The molecule has 3 atom stereocenters. The highest BCUT2D eigenvalue weighted by Crippen LogP contribution is 2.52. The van der Waals surface area contributed by atoms with Crippen LogP contribution in [-0.2, 0) is 15.0 Å². The summed E-state index contributed by atoms with van der Waals surface area (Å²) in [6.07, 6.45) is 7.99. The molecule has 1 aliphatic heterocycles. The molecule has 1 N–H and O–H groups in total. The van der Waals surface area contributed by atoms with E-state index in [0.29, 0.717) is 31.6 Å². The second-order valence-electron chi connectivity index (χ2n) is 9.86. The van der Waals surface area contributed by atoms with Crippen LogP contribution in [-0.4, -0.2) is 65.1 Å². The Hall–Kier alpha value is -2.26. The molecule has 8 heteroatoms. The van der Waals surface area contributed by atoms with Crippen molar-refractivity contribution in [2.45, 2.75) is 49.7 Å². The van der Waals surface area contributed by atoms with Crippen LogP contribution >= 0.6 is 27.3 Å². The maximum absolute atomic E-state index is 13.1. The maximum Gasteiger partial charge on any atom is 0.308 e. The van der Waals surface area contributed by atoms with Crippen molar-refractivity contribution < 1.29 is 19.4 Å². The SMILES string of the molecule is C=CCN1CC[C@@]2(c3cccc(OC(C)=O)c3)C[C@H](N(C)C(=O)/C=C/c3cc(Br)cs3)CC[C@]2(O)C1. The molecule has 1 aromatic heterocycles. The molecule has 0 unspecified atom stereocenters. The molecule has 2 aliphatic rings. The van der Waals surface area contributed by atoms with Gasteiger partial charge in [-0.05, 0) is 78.0 Å². The van der Waals surface area contributed by atoms with Crippen LogP contribution in [0.25, 0.3) is 6.08 Å². The van der Waals surface area contributed by atoms with E-state index in [1.54, 1.807) is 23.5 Å². The Morgan fingerprint density at radius 3 is 2.86 bits per heavy atom. The van der Waals surface area contributed by atoms with Crippen LogP contribution < -0.4 is 4.74 Å². The number of fused-ring (bicyclic) bond motifs is 1. The molecule has 1 aromatic carbocycles. The van der Waals surface area contributed by atoms with E-state index in [-0.39, 0.29) is 17.9 Å². The summed E-state index contributed by atoms with van der Waals surface area (Å²) in [7, 11) is 1.85. The van der Waals surface area contributed by atoms with E-state index >= 15 is 0 Å². The number of ether oxygens (including phenoxy) is 1. The number of thiophene rings is 1. The zero-order valence-electron chi connectivity index (χ0n) is 20.8. The first kappa shape index (κ1) is 26.8. The fourth-order valence-electron chi connectivity index (χ4n) is 5.79. The van der Waals surface area contributed by atoms with Gasteiger partial charge >= 0.3 is 5.97 Å². The average Bonchev–Trinajstić information content (AvgIpc) is 3.26. The smallest absolute Gasteiger partial charge is 0.308 e. The van der Waals surface area contributed by atoms with Crippen LogP contribution in [0.3, 0.4) is 0 Å². The highest BCUT2D eigenvalue weighted by atomic mass is 79.9. The highest BCUT2D eigenvalue weighted by Gasteiger charge is 2.58. The van der Waals surface area contributed by atoms with Crippen molar-refractivity contribution in [1.82, 2.24) is 9.80 Å². The van der Waals surface area contributed by atoms with Gasteiger partial charge in [-0.3, -0.25) is 14.5 Å². The lowest BCUT2D eigenvalue weighted by atomic mass is 9.55. The number of halogens is 1. The zero-order chi connectivity index (χ0) is 25.9. The number of β-amino-alcohol motifs (C(OH)–C–C–N with tert-alkyl or cyclic N) is 1. The molecule has 0 bridgehead atoms. The number of nitrogens with zero attached hydrogens (tertiary/aromatic N) is 2. The lowest BCUT2D eigenvalue weighted by molar-refractivity contribution is -0.143. The van der Waals surface area contributed by atoms with E-state index in [1.807, 2.05) is 53.7 Å². The summed E-state index contributed by atoms with van der Waals surface area (Å²) >= 11 is 5.02. The van der Waals surface area contributed by atoms with Gasteiger partial charge in [-0.2, -0.15) is 0 Å². The minimum atomic E-state index is -0.970. The van der Waals surface area contributed by atoms with Crippen LogP contribution in [0, 0.1) is 0 Å². The van der Waals surface area contributed by atoms with Gasteiger partial charge in [0, 0.05) is 59.3 Å². The maximum atomic E-state index is 13.1.